The van der Waals surface area contributed by atoms with Crippen molar-refractivity contribution in [3.63, 3.8) is 0 Å². The van der Waals surface area contributed by atoms with E-state index in [4.69, 9.17) is 0 Å². The molecule has 0 radical (unpaired) electrons. The molecule has 1 aromatic carbocycles. The van der Waals surface area contributed by atoms with E-state index in [1.165, 1.54) is 0 Å². The Labute approximate surface area is 139 Å². The molecule has 23 heavy (non-hydrogen) atoms. The van der Waals surface area contributed by atoms with E-state index in [-0.39, 0.29) is 11.9 Å². The second-order valence-corrected chi connectivity index (χ2v) is 6.45. The summed E-state index contributed by atoms with van der Waals surface area (Å²) in [6.45, 7) is 3.92. The second-order valence-electron chi connectivity index (χ2n) is 5.39. The SMILES string of the molecule is Cc1nc(CC(=O)N[C@@H](C)c2ccc(-n3ccnc3)cc2)cs1. The van der Waals surface area contributed by atoms with Gasteiger partial charge in [-0.25, -0.2) is 9.97 Å². The van der Waals surface area contributed by atoms with E-state index in [0.717, 1.165) is 22.0 Å². The van der Waals surface area contributed by atoms with E-state index in [0.29, 0.717) is 6.42 Å². The maximum absolute atomic E-state index is 12.1. The van der Waals surface area contributed by atoms with Crippen LogP contribution in [0.2, 0.25) is 0 Å². The number of rotatable bonds is 5. The van der Waals surface area contributed by atoms with Gasteiger partial charge in [-0.15, -0.1) is 11.3 Å². The molecule has 2 heterocycles. The molecule has 0 aliphatic heterocycles. The van der Waals surface area contributed by atoms with Crippen LogP contribution in [0.5, 0.6) is 0 Å². The minimum atomic E-state index is -0.0425. The third-order valence-corrected chi connectivity index (χ3v) is 4.40. The second kappa shape index (κ2) is 6.75. The lowest BCUT2D eigenvalue weighted by atomic mass is 10.1. The maximum Gasteiger partial charge on any atom is 0.226 e. The fourth-order valence-electron chi connectivity index (χ4n) is 2.38. The quantitative estimate of drug-likeness (QED) is 0.784. The number of carbonyl (C=O) groups is 1. The maximum atomic E-state index is 12.1. The highest BCUT2D eigenvalue weighted by molar-refractivity contribution is 7.09. The van der Waals surface area contributed by atoms with Crippen LogP contribution < -0.4 is 5.32 Å². The van der Waals surface area contributed by atoms with E-state index in [1.54, 1.807) is 23.9 Å². The van der Waals surface area contributed by atoms with Crippen LogP contribution in [0.4, 0.5) is 0 Å². The van der Waals surface area contributed by atoms with Crippen LogP contribution in [-0.2, 0) is 11.2 Å². The van der Waals surface area contributed by atoms with Gasteiger partial charge in [-0.2, -0.15) is 0 Å². The Balaban J connectivity index is 1.61. The van der Waals surface area contributed by atoms with Gasteiger partial charge in [0.05, 0.1) is 29.5 Å². The Bertz CT molecular complexity index is 777. The van der Waals surface area contributed by atoms with Crippen molar-refractivity contribution >= 4 is 17.2 Å². The van der Waals surface area contributed by atoms with Crippen molar-refractivity contribution in [3.05, 3.63) is 64.6 Å². The molecule has 0 saturated heterocycles. The van der Waals surface area contributed by atoms with Crippen molar-refractivity contribution in [1.82, 2.24) is 19.9 Å². The topological polar surface area (TPSA) is 59.8 Å². The number of nitrogens with one attached hydrogen (secondary N) is 1. The highest BCUT2D eigenvalue weighted by atomic mass is 32.1. The zero-order valence-electron chi connectivity index (χ0n) is 13.1. The van der Waals surface area contributed by atoms with E-state index >= 15 is 0 Å². The number of carbonyl (C=O) groups excluding carboxylic acids is 1. The first kappa shape index (κ1) is 15.4. The zero-order chi connectivity index (χ0) is 16.2. The molecule has 118 valence electrons. The summed E-state index contributed by atoms with van der Waals surface area (Å²) >= 11 is 1.56. The molecule has 1 amide bonds. The monoisotopic (exact) mass is 326 g/mol. The van der Waals surface area contributed by atoms with E-state index < -0.39 is 0 Å². The lowest BCUT2D eigenvalue weighted by Gasteiger charge is -2.14. The minimum Gasteiger partial charge on any atom is -0.349 e. The molecule has 0 spiro atoms. The molecule has 1 atom stereocenters. The lowest BCUT2D eigenvalue weighted by molar-refractivity contribution is -0.121. The van der Waals surface area contributed by atoms with Gasteiger partial charge in [-0.05, 0) is 31.5 Å². The van der Waals surface area contributed by atoms with Crippen LogP contribution in [0, 0.1) is 6.92 Å². The summed E-state index contributed by atoms with van der Waals surface area (Å²) in [5.41, 5.74) is 2.94. The van der Waals surface area contributed by atoms with Crippen molar-refractivity contribution in [1.29, 1.82) is 0 Å². The van der Waals surface area contributed by atoms with Crippen molar-refractivity contribution in [3.8, 4) is 5.69 Å². The van der Waals surface area contributed by atoms with E-state index in [1.807, 2.05) is 54.3 Å². The number of nitrogens with zero attached hydrogens (tertiary/aromatic N) is 3. The Hall–Kier alpha value is -2.47. The van der Waals surface area contributed by atoms with Gasteiger partial charge in [0.15, 0.2) is 0 Å². The van der Waals surface area contributed by atoms with Gasteiger partial charge >= 0.3 is 0 Å². The van der Waals surface area contributed by atoms with Gasteiger partial charge in [0.25, 0.3) is 0 Å². The first-order valence-electron chi connectivity index (χ1n) is 7.40. The van der Waals surface area contributed by atoms with Crippen molar-refractivity contribution in [2.45, 2.75) is 26.3 Å². The summed E-state index contributed by atoms with van der Waals surface area (Å²) in [6, 6.07) is 8.03. The van der Waals surface area contributed by atoms with Gasteiger partial charge in [0.1, 0.15) is 0 Å². The molecule has 0 saturated carbocycles. The van der Waals surface area contributed by atoms with Crippen molar-refractivity contribution in [2.24, 2.45) is 0 Å². The molecular formula is C17H18N4OS. The van der Waals surface area contributed by atoms with Crippen LogP contribution in [0.25, 0.3) is 5.69 Å². The van der Waals surface area contributed by atoms with Gasteiger partial charge in [0, 0.05) is 23.5 Å². The van der Waals surface area contributed by atoms with E-state index in [9.17, 15) is 4.79 Å². The molecule has 6 heteroatoms. The predicted octanol–water partition coefficient (Wildman–Crippen LogP) is 3.06. The number of aromatic nitrogens is 3. The van der Waals surface area contributed by atoms with Gasteiger partial charge in [0.2, 0.25) is 5.91 Å². The normalized spacial score (nSPS) is 12.1. The van der Waals surface area contributed by atoms with Crippen LogP contribution in [0.3, 0.4) is 0 Å². The highest BCUT2D eigenvalue weighted by Crippen LogP contribution is 2.16. The van der Waals surface area contributed by atoms with Gasteiger partial charge in [-0.3, -0.25) is 4.79 Å². The Morgan fingerprint density at radius 1 is 1.35 bits per heavy atom. The summed E-state index contributed by atoms with van der Waals surface area (Å²) in [5, 5.41) is 5.93. The molecule has 5 nitrogen and oxygen atoms in total. The Kier molecular flexibility index (Phi) is 4.52. The first-order valence-corrected chi connectivity index (χ1v) is 8.28. The number of imidazole rings is 1. The predicted molar refractivity (Wildman–Crippen MR) is 90.7 cm³/mol. The number of benzene rings is 1. The molecule has 0 bridgehead atoms. The fourth-order valence-corrected chi connectivity index (χ4v) is 2.99. The summed E-state index contributed by atoms with van der Waals surface area (Å²) in [7, 11) is 0. The highest BCUT2D eigenvalue weighted by Gasteiger charge is 2.11. The molecule has 0 aliphatic rings. The van der Waals surface area contributed by atoms with Crippen molar-refractivity contribution in [2.75, 3.05) is 0 Å². The van der Waals surface area contributed by atoms with E-state index in [2.05, 4.69) is 15.3 Å². The molecule has 0 unspecified atom stereocenters. The average Bonchev–Trinajstić information content (AvgIpc) is 3.19. The fraction of sp³-hybridized carbons (Fsp3) is 0.235. The minimum absolute atomic E-state index is 0.0125. The average molecular weight is 326 g/mol. The number of aryl methyl sites for hydroxylation is 1. The van der Waals surface area contributed by atoms with Crippen molar-refractivity contribution < 1.29 is 4.79 Å². The number of amides is 1. The standard InChI is InChI=1S/C17H18N4OS/c1-12(19-17(22)9-15-10-23-13(2)20-15)14-3-5-16(6-4-14)21-8-7-18-11-21/h3-8,10-12H,9H2,1-2H3,(H,19,22)/t12-/m0/s1. The molecule has 0 aliphatic carbocycles. The summed E-state index contributed by atoms with van der Waals surface area (Å²) < 4.78 is 1.94. The summed E-state index contributed by atoms with van der Waals surface area (Å²) in [4.78, 5) is 20.5. The lowest BCUT2D eigenvalue weighted by Crippen LogP contribution is -2.28. The zero-order valence-corrected chi connectivity index (χ0v) is 13.9. The Morgan fingerprint density at radius 3 is 2.74 bits per heavy atom. The first-order chi connectivity index (χ1) is 11.1. The third kappa shape index (κ3) is 3.84. The summed E-state index contributed by atoms with van der Waals surface area (Å²) in [6.07, 6.45) is 5.73. The molecule has 0 fully saturated rings. The molecule has 2 aromatic heterocycles. The number of hydrogen-bond donors (Lipinski definition) is 1. The third-order valence-electron chi connectivity index (χ3n) is 3.58. The molecule has 1 N–H and O–H groups in total. The number of thiazole rings is 1. The van der Waals surface area contributed by atoms with Crippen LogP contribution in [0.1, 0.15) is 29.2 Å². The smallest absolute Gasteiger partial charge is 0.226 e. The number of hydrogen-bond acceptors (Lipinski definition) is 4. The largest absolute Gasteiger partial charge is 0.349 e. The molecular weight excluding hydrogens is 308 g/mol. The molecule has 3 rings (SSSR count). The van der Waals surface area contributed by atoms with Crippen LogP contribution >= 0.6 is 11.3 Å². The van der Waals surface area contributed by atoms with Crippen LogP contribution in [-0.4, -0.2) is 20.4 Å². The molecule has 3 aromatic rings. The Morgan fingerprint density at radius 2 is 2.13 bits per heavy atom. The van der Waals surface area contributed by atoms with Gasteiger partial charge < -0.3 is 9.88 Å². The van der Waals surface area contributed by atoms with Crippen LogP contribution in [0.15, 0.2) is 48.4 Å². The summed E-state index contributed by atoms with van der Waals surface area (Å²) in [5.74, 6) is -0.0125. The van der Waals surface area contributed by atoms with Gasteiger partial charge in [-0.1, -0.05) is 12.1 Å².